The Balaban J connectivity index is 0.000000395. The standard InChI is InChI=1S/C32H34P2.C7H8.3BF4.Rh/c1-2-32(34(29-21-11-5-12-22-29)30-23-13-6-14-24-30)26-16-15-25-31(32)33(27-17-7-3-8-18-27)28-19-9-4-10-20-28;1-2-7-4-3-6(1)5-7;3*2-1(3,4)5;/h3-14,17-24,31H,2,15-16,25-26H2,1H3;1-4,6-7H,5H2;;;;/q;;3*-1;+3/t31?,32-;;;;;/m1...../s1. The Morgan fingerprint density at radius 2 is 0.789 bits per heavy atom. The summed E-state index contributed by atoms with van der Waals surface area (Å²) in [6.45, 7) is 2.48. The number of halogens is 12. The molecule has 310 valence electrons. The van der Waals surface area contributed by atoms with Gasteiger partial charge < -0.3 is 51.8 Å². The molecule has 0 N–H and O–H groups in total. The summed E-state index contributed by atoms with van der Waals surface area (Å²) in [5, 5.41) is 6.42. The molecule has 0 aliphatic heterocycles. The molecule has 0 radical (unpaired) electrons. The van der Waals surface area contributed by atoms with Crippen LogP contribution >= 0.6 is 15.8 Å². The minimum Gasteiger partial charge on any atom is -0.418 e. The SMILES string of the molecule is C1=CC2C=CC1C2.CC[C@@]1(P(c2ccccc2)c2ccccc2)CCCCC1P(c1ccccc1)c1ccccc1.F[B-](F)(F)F.F[B-](F)(F)F.F[B-](F)(F)F.[Rh+3]. The molecule has 0 saturated heterocycles. The molecule has 18 heteroatoms. The van der Waals surface area contributed by atoms with Crippen molar-refractivity contribution in [3.63, 3.8) is 0 Å². The van der Waals surface area contributed by atoms with Crippen molar-refractivity contribution in [3.05, 3.63) is 146 Å². The maximum absolute atomic E-state index is 9.75. The number of hydrogen-bond donors (Lipinski definition) is 0. The third kappa shape index (κ3) is 18.8. The van der Waals surface area contributed by atoms with Gasteiger partial charge in [-0.05, 0) is 80.2 Å². The van der Waals surface area contributed by atoms with Gasteiger partial charge >= 0.3 is 41.2 Å². The first-order chi connectivity index (χ1) is 26.3. The van der Waals surface area contributed by atoms with Crippen molar-refractivity contribution in [3.8, 4) is 0 Å². The van der Waals surface area contributed by atoms with E-state index in [2.05, 4.69) is 153 Å². The van der Waals surface area contributed by atoms with Crippen LogP contribution in [-0.2, 0) is 19.5 Å². The van der Waals surface area contributed by atoms with E-state index in [1.54, 1.807) is 0 Å². The molecule has 4 aromatic rings. The summed E-state index contributed by atoms with van der Waals surface area (Å²) in [7, 11) is -18.9. The Kier molecular flexibility index (Phi) is 20.9. The van der Waals surface area contributed by atoms with E-state index in [9.17, 15) is 51.8 Å². The quantitative estimate of drug-likeness (QED) is 0.0750. The van der Waals surface area contributed by atoms with E-state index < -0.39 is 37.6 Å². The van der Waals surface area contributed by atoms with Gasteiger partial charge in [-0.1, -0.05) is 165 Å². The zero-order valence-electron chi connectivity index (χ0n) is 30.8. The third-order valence-electron chi connectivity index (χ3n) is 9.18. The molecule has 0 nitrogen and oxygen atoms in total. The van der Waals surface area contributed by atoms with E-state index >= 15 is 0 Å². The monoisotopic (exact) mass is 936 g/mol. The van der Waals surface area contributed by atoms with E-state index in [0.717, 1.165) is 11.8 Å². The van der Waals surface area contributed by atoms with Crippen molar-refractivity contribution in [2.45, 2.75) is 56.3 Å². The zero-order chi connectivity index (χ0) is 41.4. The molecule has 1 unspecified atom stereocenters. The summed E-state index contributed by atoms with van der Waals surface area (Å²) in [6, 6.07) is 45.7. The van der Waals surface area contributed by atoms with Gasteiger partial charge in [-0.25, -0.2) is 0 Å². The van der Waals surface area contributed by atoms with Crippen LogP contribution < -0.4 is 21.2 Å². The first-order valence-electron chi connectivity index (χ1n) is 18.1. The number of fused-ring (bicyclic) bond motifs is 2. The van der Waals surface area contributed by atoms with Crippen LogP contribution in [0.15, 0.2) is 146 Å². The Labute approximate surface area is 342 Å². The van der Waals surface area contributed by atoms with Gasteiger partial charge in [0.05, 0.1) is 0 Å². The maximum Gasteiger partial charge on any atom is 3.00 e. The summed E-state index contributed by atoms with van der Waals surface area (Å²) in [5.74, 6) is 1.62. The van der Waals surface area contributed by atoms with Crippen molar-refractivity contribution in [1.29, 1.82) is 0 Å². The Morgan fingerprint density at radius 3 is 1.05 bits per heavy atom. The number of benzene rings is 4. The second kappa shape index (κ2) is 23.7. The molecule has 0 heterocycles. The van der Waals surface area contributed by atoms with E-state index in [0.29, 0.717) is 5.66 Å². The van der Waals surface area contributed by atoms with Crippen LogP contribution in [0.25, 0.3) is 0 Å². The van der Waals surface area contributed by atoms with Crippen LogP contribution in [0.3, 0.4) is 0 Å². The number of rotatable bonds is 7. The van der Waals surface area contributed by atoms with E-state index in [-0.39, 0.29) is 24.6 Å². The van der Waals surface area contributed by atoms with Crippen LogP contribution in [0.5, 0.6) is 0 Å². The zero-order valence-corrected chi connectivity index (χ0v) is 34.3. The maximum atomic E-state index is 9.75. The summed E-state index contributed by atoms with van der Waals surface area (Å²) in [5.41, 5.74) is 0.664. The van der Waals surface area contributed by atoms with E-state index in [1.807, 2.05) is 0 Å². The molecule has 2 bridgehead atoms. The molecule has 0 spiro atoms. The van der Waals surface area contributed by atoms with Crippen molar-refractivity contribution in [2.75, 3.05) is 0 Å². The van der Waals surface area contributed by atoms with Crippen LogP contribution in [0, 0.1) is 11.8 Å². The Hall–Kier alpha value is -2.80. The predicted molar refractivity (Wildman–Crippen MR) is 214 cm³/mol. The molecule has 0 amide bonds. The van der Waals surface area contributed by atoms with E-state index in [1.165, 1.54) is 59.7 Å². The minimum absolute atomic E-state index is 0. The van der Waals surface area contributed by atoms with Crippen molar-refractivity contribution >= 4 is 58.8 Å². The normalized spacial score (nSPS) is 20.7. The Bertz CT molecular complexity index is 1600. The second-order valence-electron chi connectivity index (χ2n) is 13.1. The van der Waals surface area contributed by atoms with Crippen molar-refractivity contribution < 1.29 is 71.3 Å². The van der Waals surface area contributed by atoms with Crippen LogP contribution in [-0.4, -0.2) is 32.6 Å². The smallest absolute Gasteiger partial charge is 0.418 e. The molecular weight excluding hydrogens is 894 g/mol. The molecule has 57 heavy (non-hydrogen) atoms. The summed E-state index contributed by atoms with van der Waals surface area (Å²) in [4.78, 5) is 0. The van der Waals surface area contributed by atoms with Crippen molar-refractivity contribution in [2.24, 2.45) is 11.8 Å². The van der Waals surface area contributed by atoms with Gasteiger partial charge in [0.1, 0.15) is 0 Å². The molecule has 3 aliphatic carbocycles. The van der Waals surface area contributed by atoms with E-state index in [4.69, 9.17) is 0 Å². The average Bonchev–Trinajstić information content (AvgIpc) is 3.80. The summed E-state index contributed by atoms with van der Waals surface area (Å²) < 4.78 is 117. The number of hydrogen-bond acceptors (Lipinski definition) is 0. The van der Waals surface area contributed by atoms with Crippen molar-refractivity contribution in [1.82, 2.24) is 0 Å². The van der Waals surface area contributed by atoms with Gasteiger partial charge in [0.25, 0.3) is 0 Å². The fourth-order valence-corrected chi connectivity index (χ4v) is 14.6. The fraction of sp³-hybridized carbons (Fsp3) is 0.282. The third-order valence-corrected chi connectivity index (χ3v) is 15.8. The second-order valence-corrected chi connectivity index (χ2v) is 18.1. The average molecular weight is 936 g/mol. The first kappa shape index (κ1) is 50.3. The molecule has 0 aromatic heterocycles. The van der Waals surface area contributed by atoms with Crippen LogP contribution in [0.4, 0.5) is 51.8 Å². The fourth-order valence-electron chi connectivity index (χ4n) is 7.24. The molecular formula is C39H42B3F12P2Rh. The van der Waals surface area contributed by atoms with Crippen LogP contribution in [0.2, 0.25) is 0 Å². The largest absolute Gasteiger partial charge is 3.00 e. The summed E-state index contributed by atoms with van der Waals surface area (Å²) in [6.07, 6.45) is 17.1. The molecule has 3 aliphatic rings. The van der Waals surface area contributed by atoms with Gasteiger partial charge in [-0.15, -0.1) is 0 Å². The van der Waals surface area contributed by atoms with Gasteiger partial charge in [0, 0.05) is 5.16 Å². The van der Waals surface area contributed by atoms with Crippen LogP contribution in [0.1, 0.15) is 45.4 Å². The topological polar surface area (TPSA) is 0 Å². The number of allylic oxidation sites excluding steroid dienone is 4. The molecule has 2 atom stereocenters. The van der Waals surface area contributed by atoms with Gasteiger partial charge in [-0.3, -0.25) is 0 Å². The summed E-state index contributed by atoms with van der Waals surface area (Å²) >= 11 is 0. The molecule has 1 fully saturated rings. The molecule has 1 saturated carbocycles. The Morgan fingerprint density at radius 1 is 0.491 bits per heavy atom. The van der Waals surface area contributed by atoms with Gasteiger partial charge in [0.2, 0.25) is 0 Å². The molecule has 7 rings (SSSR count). The minimum atomic E-state index is -6.00. The van der Waals surface area contributed by atoms with Gasteiger partial charge in [0.15, 0.2) is 0 Å². The molecule has 4 aromatic carbocycles. The first-order valence-corrected chi connectivity index (χ1v) is 20.8. The predicted octanol–water partition coefficient (Wildman–Crippen LogP) is 13.0. The van der Waals surface area contributed by atoms with Gasteiger partial charge in [-0.2, -0.15) is 0 Å².